The largest absolute Gasteiger partial charge is 0.378 e. The van der Waals surface area contributed by atoms with E-state index < -0.39 is 0 Å². The SMILES string of the molecule is CCCCC/C=C\C/C=C\CCCCCCCCC(CCCCCCCC/C=C/C/C=C/CCCCC)OCCCN(C)C. The van der Waals surface area contributed by atoms with Gasteiger partial charge in [0, 0.05) is 6.61 Å². The standard InChI is InChI=1S/C42H79NO/c1-5-7-9-11-13-15-17-19-21-23-25-27-29-31-33-35-38-42(44-41-37-40-43(3)4)39-36-34-32-30-28-26-24-22-20-18-16-14-12-10-8-6-2/h13-16,19-22,42H,5-12,17-18,23-41H2,1-4H3/b15-13-,16-14+,21-19-,22-20+. The van der Waals surface area contributed by atoms with Crippen LogP contribution in [0, 0.1) is 0 Å². The van der Waals surface area contributed by atoms with Crippen molar-refractivity contribution in [3.8, 4) is 0 Å². The summed E-state index contributed by atoms with van der Waals surface area (Å²) in [7, 11) is 4.32. The molecule has 2 heteroatoms. The summed E-state index contributed by atoms with van der Waals surface area (Å²) in [6, 6.07) is 0. The fourth-order valence-electron chi connectivity index (χ4n) is 5.66. The van der Waals surface area contributed by atoms with Gasteiger partial charge in [0.1, 0.15) is 0 Å². The molecule has 1 atom stereocenters. The molecule has 0 aromatic carbocycles. The van der Waals surface area contributed by atoms with Gasteiger partial charge in [-0.05, 0) is 104 Å². The van der Waals surface area contributed by atoms with Gasteiger partial charge in [-0.25, -0.2) is 0 Å². The second-order valence-corrected chi connectivity index (χ2v) is 13.4. The fourth-order valence-corrected chi connectivity index (χ4v) is 5.66. The molecule has 0 rings (SSSR count). The van der Waals surface area contributed by atoms with Crippen LogP contribution in [0.15, 0.2) is 48.6 Å². The van der Waals surface area contributed by atoms with Crippen LogP contribution in [0.2, 0.25) is 0 Å². The molecule has 0 spiro atoms. The molecular formula is C42H79NO. The van der Waals surface area contributed by atoms with Crippen LogP contribution >= 0.6 is 0 Å². The normalized spacial score (nSPS) is 13.2. The van der Waals surface area contributed by atoms with Crippen molar-refractivity contribution in [1.29, 1.82) is 0 Å². The number of unbranched alkanes of at least 4 members (excludes halogenated alkanes) is 18. The molecule has 2 nitrogen and oxygen atoms in total. The second-order valence-electron chi connectivity index (χ2n) is 13.4. The molecule has 0 amide bonds. The zero-order chi connectivity index (χ0) is 32.0. The van der Waals surface area contributed by atoms with E-state index in [9.17, 15) is 0 Å². The van der Waals surface area contributed by atoms with Gasteiger partial charge in [0.05, 0.1) is 6.10 Å². The van der Waals surface area contributed by atoms with Crippen molar-refractivity contribution in [3.05, 3.63) is 48.6 Å². The number of hydrogen-bond donors (Lipinski definition) is 0. The Hall–Kier alpha value is -1.12. The molecule has 0 heterocycles. The monoisotopic (exact) mass is 614 g/mol. The molecular weight excluding hydrogens is 534 g/mol. The van der Waals surface area contributed by atoms with Crippen molar-refractivity contribution in [2.75, 3.05) is 27.2 Å². The Balaban J connectivity index is 3.83. The van der Waals surface area contributed by atoms with Crippen LogP contribution in [-0.2, 0) is 4.74 Å². The Morgan fingerprint density at radius 2 is 0.795 bits per heavy atom. The molecule has 0 saturated carbocycles. The van der Waals surface area contributed by atoms with Gasteiger partial charge >= 0.3 is 0 Å². The van der Waals surface area contributed by atoms with Crippen LogP contribution in [0.5, 0.6) is 0 Å². The van der Waals surface area contributed by atoms with Crippen molar-refractivity contribution in [3.63, 3.8) is 0 Å². The van der Waals surface area contributed by atoms with E-state index in [-0.39, 0.29) is 0 Å². The van der Waals surface area contributed by atoms with Crippen LogP contribution in [0.25, 0.3) is 0 Å². The first-order valence-corrected chi connectivity index (χ1v) is 19.6. The predicted molar refractivity (Wildman–Crippen MR) is 201 cm³/mol. The fraction of sp³-hybridized carbons (Fsp3) is 0.810. The highest BCUT2D eigenvalue weighted by atomic mass is 16.5. The van der Waals surface area contributed by atoms with Gasteiger partial charge in [0.2, 0.25) is 0 Å². The van der Waals surface area contributed by atoms with Crippen LogP contribution in [0.3, 0.4) is 0 Å². The number of ether oxygens (including phenoxy) is 1. The van der Waals surface area contributed by atoms with E-state index in [1.807, 2.05) is 0 Å². The van der Waals surface area contributed by atoms with Gasteiger partial charge in [-0.2, -0.15) is 0 Å². The van der Waals surface area contributed by atoms with Gasteiger partial charge < -0.3 is 9.64 Å². The number of nitrogens with zero attached hydrogens (tertiary/aromatic N) is 1. The first-order valence-electron chi connectivity index (χ1n) is 19.6. The highest BCUT2D eigenvalue weighted by molar-refractivity contribution is 4.93. The Morgan fingerprint density at radius 3 is 1.18 bits per heavy atom. The predicted octanol–water partition coefficient (Wildman–Crippen LogP) is 13.7. The lowest BCUT2D eigenvalue weighted by atomic mass is 10.0. The minimum absolute atomic E-state index is 0.480. The van der Waals surface area contributed by atoms with Crippen molar-refractivity contribution >= 4 is 0 Å². The third-order valence-corrected chi connectivity index (χ3v) is 8.56. The summed E-state index contributed by atoms with van der Waals surface area (Å²) in [6.07, 6.45) is 54.8. The highest BCUT2D eigenvalue weighted by Gasteiger charge is 2.09. The van der Waals surface area contributed by atoms with Gasteiger partial charge in [-0.3, -0.25) is 0 Å². The highest BCUT2D eigenvalue weighted by Crippen LogP contribution is 2.18. The molecule has 0 fully saturated rings. The average molecular weight is 614 g/mol. The van der Waals surface area contributed by atoms with Gasteiger partial charge in [0.15, 0.2) is 0 Å². The van der Waals surface area contributed by atoms with Crippen molar-refractivity contribution in [1.82, 2.24) is 4.90 Å². The second kappa shape index (κ2) is 38.1. The number of hydrogen-bond acceptors (Lipinski definition) is 2. The van der Waals surface area contributed by atoms with Gasteiger partial charge in [0.25, 0.3) is 0 Å². The molecule has 0 saturated heterocycles. The molecule has 1 unspecified atom stereocenters. The molecule has 44 heavy (non-hydrogen) atoms. The summed E-state index contributed by atoms with van der Waals surface area (Å²) >= 11 is 0. The van der Waals surface area contributed by atoms with E-state index in [2.05, 4.69) is 81.5 Å². The van der Waals surface area contributed by atoms with E-state index in [1.165, 1.54) is 154 Å². The van der Waals surface area contributed by atoms with Crippen molar-refractivity contribution < 1.29 is 4.74 Å². The van der Waals surface area contributed by atoms with E-state index in [0.717, 1.165) is 32.4 Å². The number of allylic oxidation sites excluding steroid dienone is 8. The molecule has 0 N–H and O–H groups in total. The minimum atomic E-state index is 0.480. The van der Waals surface area contributed by atoms with Crippen LogP contribution in [-0.4, -0.2) is 38.3 Å². The van der Waals surface area contributed by atoms with E-state index in [4.69, 9.17) is 4.74 Å². The zero-order valence-electron chi connectivity index (χ0n) is 30.6. The lowest BCUT2D eigenvalue weighted by Crippen LogP contribution is -2.18. The number of rotatable bonds is 35. The van der Waals surface area contributed by atoms with Crippen molar-refractivity contribution in [2.24, 2.45) is 0 Å². The summed E-state index contributed by atoms with van der Waals surface area (Å²) in [6.45, 7) is 6.59. The molecule has 0 radical (unpaired) electrons. The lowest BCUT2D eigenvalue weighted by molar-refractivity contribution is 0.0342. The Labute approximate surface area is 278 Å². The average Bonchev–Trinajstić information content (AvgIpc) is 3.02. The third kappa shape index (κ3) is 37.1. The van der Waals surface area contributed by atoms with E-state index >= 15 is 0 Å². The maximum Gasteiger partial charge on any atom is 0.0575 e. The Kier molecular flexibility index (Phi) is 37.1. The lowest BCUT2D eigenvalue weighted by Gasteiger charge is -2.19. The Morgan fingerprint density at radius 1 is 0.432 bits per heavy atom. The topological polar surface area (TPSA) is 12.5 Å². The molecule has 0 aromatic heterocycles. The van der Waals surface area contributed by atoms with Gasteiger partial charge in [-0.15, -0.1) is 0 Å². The molecule has 0 aliphatic heterocycles. The maximum atomic E-state index is 6.39. The molecule has 0 aromatic rings. The molecule has 0 aliphatic carbocycles. The quantitative estimate of drug-likeness (QED) is 0.0521. The summed E-state index contributed by atoms with van der Waals surface area (Å²) < 4.78 is 6.39. The third-order valence-electron chi connectivity index (χ3n) is 8.56. The first-order chi connectivity index (χ1) is 21.7. The van der Waals surface area contributed by atoms with E-state index in [1.54, 1.807) is 0 Å². The minimum Gasteiger partial charge on any atom is -0.378 e. The molecule has 0 aliphatic rings. The summed E-state index contributed by atoms with van der Waals surface area (Å²) in [5.74, 6) is 0. The van der Waals surface area contributed by atoms with E-state index in [0.29, 0.717) is 6.10 Å². The summed E-state index contributed by atoms with van der Waals surface area (Å²) in [4.78, 5) is 2.27. The molecule has 258 valence electrons. The van der Waals surface area contributed by atoms with Crippen LogP contribution < -0.4 is 0 Å². The van der Waals surface area contributed by atoms with Crippen LogP contribution in [0.1, 0.15) is 187 Å². The van der Waals surface area contributed by atoms with Crippen LogP contribution in [0.4, 0.5) is 0 Å². The summed E-state index contributed by atoms with van der Waals surface area (Å²) in [5, 5.41) is 0. The molecule has 0 bridgehead atoms. The first kappa shape index (κ1) is 42.9. The van der Waals surface area contributed by atoms with Crippen molar-refractivity contribution in [2.45, 2.75) is 193 Å². The smallest absolute Gasteiger partial charge is 0.0575 e. The summed E-state index contributed by atoms with van der Waals surface area (Å²) in [5.41, 5.74) is 0. The van der Waals surface area contributed by atoms with Gasteiger partial charge in [-0.1, -0.05) is 152 Å². The Bertz CT molecular complexity index is 598. The maximum absolute atomic E-state index is 6.39. The zero-order valence-corrected chi connectivity index (χ0v) is 30.6.